The first kappa shape index (κ1) is 27.9. The summed E-state index contributed by atoms with van der Waals surface area (Å²) in [6, 6.07) is 18.1. The Morgan fingerprint density at radius 3 is 2.34 bits per heavy atom. The van der Waals surface area contributed by atoms with E-state index in [4.69, 9.17) is 9.47 Å². The summed E-state index contributed by atoms with van der Waals surface area (Å²) in [4.78, 5) is 36.2. The number of anilines is 2. The number of hydrazone groups is 1. The van der Waals surface area contributed by atoms with E-state index in [0.717, 1.165) is 5.56 Å². The lowest BCUT2D eigenvalue weighted by Crippen LogP contribution is -2.21. The Hall–Kier alpha value is -4.73. The molecule has 0 aliphatic heterocycles. The van der Waals surface area contributed by atoms with Crippen LogP contribution in [0.4, 0.5) is 15.8 Å². The predicted molar refractivity (Wildman–Crippen MR) is 143 cm³/mol. The van der Waals surface area contributed by atoms with Crippen molar-refractivity contribution < 1.29 is 28.2 Å². The van der Waals surface area contributed by atoms with E-state index in [2.05, 4.69) is 21.2 Å². The van der Waals surface area contributed by atoms with Gasteiger partial charge in [0, 0.05) is 18.5 Å². The first-order valence-electron chi connectivity index (χ1n) is 12.0. The summed E-state index contributed by atoms with van der Waals surface area (Å²) in [6.45, 7) is 3.74. The molecule has 3 amide bonds. The normalized spacial score (nSPS) is 10.6. The number of nitrogens with zero attached hydrogens (tertiary/aromatic N) is 1. The standard InChI is InChI=1S/C28H29FN4O5/c1-3-37-25-16-20(10-13-24(25)38-18-28(36)32-23-7-5-4-6-22(23)29)17-30-33-27(35)15-14-26(34)31-21-11-8-19(2)9-12-21/h4-13,16-17H,3,14-15,18H2,1-2H3,(H,31,34)(H,32,36)(H,33,35). The Balaban J connectivity index is 1.47. The van der Waals surface area contributed by atoms with Gasteiger partial charge < -0.3 is 20.1 Å². The number of halogens is 1. The van der Waals surface area contributed by atoms with E-state index in [1.807, 2.05) is 19.1 Å². The molecule has 198 valence electrons. The van der Waals surface area contributed by atoms with Crippen LogP contribution in [0, 0.1) is 12.7 Å². The lowest BCUT2D eigenvalue weighted by Gasteiger charge is -2.13. The lowest BCUT2D eigenvalue weighted by atomic mass is 10.2. The number of aryl methyl sites for hydroxylation is 1. The molecule has 0 aliphatic carbocycles. The molecule has 0 saturated heterocycles. The molecule has 0 bridgehead atoms. The lowest BCUT2D eigenvalue weighted by molar-refractivity contribution is -0.124. The van der Waals surface area contributed by atoms with Gasteiger partial charge in [0.1, 0.15) is 5.82 Å². The number of benzene rings is 3. The molecule has 0 unspecified atom stereocenters. The molecule has 0 saturated carbocycles. The summed E-state index contributed by atoms with van der Waals surface area (Å²) >= 11 is 0. The predicted octanol–water partition coefficient (Wildman–Crippen LogP) is 4.42. The van der Waals surface area contributed by atoms with Gasteiger partial charge in [-0.15, -0.1) is 0 Å². The van der Waals surface area contributed by atoms with Crippen molar-refractivity contribution in [2.24, 2.45) is 5.10 Å². The minimum absolute atomic E-state index is 0.0141. The molecule has 3 rings (SSSR count). The van der Waals surface area contributed by atoms with Crippen molar-refractivity contribution in [2.75, 3.05) is 23.8 Å². The second-order valence-corrected chi connectivity index (χ2v) is 8.16. The number of hydrogen-bond acceptors (Lipinski definition) is 6. The van der Waals surface area contributed by atoms with E-state index in [1.165, 1.54) is 24.4 Å². The summed E-state index contributed by atoms with van der Waals surface area (Å²) < 4.78 is 24.8. The van der Waals surface area contributed by atoms with Crippen LogP contribution in [-0.2, 0) is 14.4 Å². The maximum atomic E-state index is 13.7. The number of amides is 3. The van der Waals surface area contributed by atoms with E-state index < -0.39 is 17.6 Å². The van der Waals surface area contributed by atoms with Crippen LogP contribution in [0.5, 0.6) is 11.5 Å². The third-order valence-electron chi connectivity index (χ3n) is 5.09. The molecular formula is C28H29FN4O5. The zero-order valence-corrected chi connectivity index (χ0v) is 21.1. The quantitative estimate of drug-likeness (QED) is 0.241. The fourth-order valence-corrected chi connectivity index (χ4v) is 3.21. The average molecular weight is 521 g/mol. The van der Waals surface area contributed by atoms with E-state index in [9.17, 15) is 18.8 Å². The number of carbonyl (C=O) groups is 3. The summed E-state index contributed by atoms with van der Waals surface area (Å²) in [7, 11) is 0. The van der Waals surface area contributed by atoms with Crippen molar-refractivity contribution in [1.29, 1.82) is 0 Å². The molecule has 3 aromatic rings. The van der Waals surface area contributed by atoms with E-state index >= 15 is 0 Å². The van der Waals surface area contributed by atoms with Crippen LogP contribution in [0.1, 0.15) is 30.9 Å². The molecule has 0 aromatic heterocycles. The van der Waals surface area contributed by atoms with Gasteiger partial charge in [-0.25, -0.2) is 9.82 Å². The maximum Gasteiger partial charge on any atom is 0.262 e. The van der Waals surface area contributed by atoms with E-state index in [0.29, 0.717) is 29.4 Å². The third kappa shape index (κ3) is 9.05. The van der Waals surface area contributed by atoms with Gasteiger partial charge in [0.25, 0.3) is 5.91 Å². The molecule has 10 heteroatoms. The fraction of sp³-hybridized carbons (Fsp3) is 0.214. The van der Waals surface area contributed by atoms with E-state index in [-0.39, 0.29) is 31.0 Å². The number of carbonyl (C=O) groups excluding carboxylic acids is 3. The highest BCUT2D eigenvalue weighted by molar-refractivity contribution is 5.93. The molecule has 0 spiro atoms. The number of ether oxygens (including phenoxy) is 2. The number of rotatable bonds is 12. The van der Waals surface area contributed by atoms with Gasteiger partial charge in [0.2, 0.25) is 11.8 Å². The second kappa shape index (κ2) is 14.1. The van der Waals surface area contributed by atoms with Gasteiger partial charge in [0.15, 0.2) is 18.1 Å². The summed E-state index contributed by atoms with van der Waals surface area (Å²) in [6.07, 6.45) is 1.41. The van der Waals surface area contributed by atoms with Crippen LogP contribution in [0.15, 0.2) is 71.8 Å². The summed E-state index contributed by atoms with van der Waals surface area (Å²) in [5.74, 6) is -1.07. The highest BCUT2D eigenvalue weighted by atomic mass is 19.1. The largest absolute Gasteiger partial charge is 0.490 e. The molecule has 9 nitrogen and oxygen atoms in total. The zero-order valence-electron chi connectivity index (χ0n) is 21.1. The van der Waals surface area contributed by atoms with Crippen LogP contribution >= 0.6 is 0 Å². The van der Waals surface area contributed by atoms with Crippen LogP contribution in [-0.4, -0.2) is 37.1 Å². The van der Waals surface area contributed by atoms with Crippen LogP contribution in [0.3, 0.4) is 0 Å². The van der Waals surface area contributed by atoms with Gasteiger partial charge in [-0.05, 0) is 61.9 Å². The Kier molecular flexibility index (Phi) is 10.3. The van der Waals surface area contributed by atoms with Crippen LogP contribution in [0.2, 0.25) is 0 Å². The van der Waals surface area contributed by atoms with Crippen molar-refractivity contribution in [3.8, 4) is 11.5 Å². The molecule has 0 aliphatic rings. The van der Waals surface area contributed by atoms with Gasteiger partial charge >= 0.3 is 0 Å². The van der Waals surface area contributed by atoms with Crippen molar-refractivity contribution in [3.05, 3.63) is 83.7 Å². The smallest absolute Gasteiger partial charge is 0.262 e. The van der Waals surface area contributed by atoms with Gasteiger partial charge in [-0.2, -0.15) is 5.10 Å². The maximum absolute atomic E-state index is 13.7. The molecule has 0 fully saturated rings. The van der Waals surface area contributed by atoms with Crippen molar-refractivity contribution in [1.82, 2.24) is 5.43 Å². The minimum atomic E-state index is -0.544. The highest BCUT2D eigenvalue weighted by Gasteiger charge is 2.11. The first-order chi connectivity index (χ1) is 18.3. The molecule has 0 atom stereocenters. The van der Waals surface area contributed by atoms with Gasteiger partial charge in [-0.1, -0.05) is 29.8 Å². The summed E-state index contributed by atoms with van der Waals surface area (Å²) in [5, 5.41) is 9.10. The number of hydrogen-bond donors (Lipinski definition) is 3. The SMILES string of the molecule is CCOc1cc(C=NNC(=O)CCC(=O)Nc2ccc(C)cc2)ccc1OCC(=O)Nc1ccccc1F. The van der Waals surface area contributed by atoms with Crippen molar-refractivity contribution in [3.63, 3.8) is 0 Å². The molecular weight excluding hydrogens is 491 g/mol. The molecule has 38 heavy (non-hydrogen) atoms. The van der Waals surface area contributed by atoms with Gasteiger partial charge in [-0.3, -0.25) is 14.4 Å². The average Bonchev–Trinajstić information content (AvgIpc) is 2.90. The summed E-state index contributed by atoms with van der Waals surface area (Å²) in [5.41, 5.74) is 4.81. The first-order valence-corrected chi connectivity index (χ1v) is 12.0. The topological polar surface area (TPSA) is 118 Å². The van der Waals surface area contributed by atoms with Crippen molar-refractivity contribution >= 4 is 35.3 Å². The molecule has 0 radical (unpaired) electrons. The van der Waals surface area contributed by atoms with Crippen LogP contribution in [0.25, 0.3) is 0 Å². The zero-order chi connectivity index (χ0) is 27.3. The fourth-order valence-electron chi connectivity index (χ4n) is 3.21. The van der Waals surface area contributed by atoms with E-state index in [1.54, 1.807) is 43.3 Å². The number of nitrogens with one attached hydrogen (secondary N) is 3. The highest BCUT2D eigenvalue weighted by Crippen LogP contribution is 2.28. The Morgan fingerprint density at radius 1 is 0.868 bits per heavy atom. The Bertz CT molecular complexity index is 1290. The second-order valence-electron chi connectivity index (χ2n) is 8.16. The monoisotopic (exact) mass is 520 g/mol. The Morgan fingerprint density at radius 2 is 1.61 bits per heavy atom. The third-order valence-corrected chi connectivity index (χ3v) is 5.09. The molecule has 3 aromatic carbocycles. The minimum Gasteiger partial charge on any atom is -0.490 e. The van der Waals surface area contributed by atoms with Crippen LogP contribution < -0.4 is 25.5 Å². The van der Waals surface area contributed by atoms with Gasteiger partial charge in [0.05, 0.1) is 18.5 Å². The molecule has 3 N–H and O–H groups in total. The molecule has 0 heterocycles. The number of para-hydroxylation sites is 1. The Labute approximate surface area is 220 Å². The van der Waals surface area contributed by atoms with Crippen molar-refractivity contribution in [2.45, 2.75) is 26.7 Å².